The van der Waals surface area contributed by atoms with Gasteiger partial charge >= 0.3 is 0 Å². The summed E-state index contributed by atoms with van der Waals surface area (Å²) >= 11 is 0. The maximum Gasteiger partial charge on any atom is 0.216 e. The number of benzene rings is 1. The molecule has 0 unspecified atom stereocenters. The van der Waals surface area contributed by atoms with Crippen LogP contribution in [0.25, 0.3) is 17.1 Å². The van der Waals surface area contributed by atoms with Gasteiger partial charge in [-0.2, -0.15) is 5.26 Å². The zero-order chi connectivity index (χ0) is 22.2. The van der Waals surface area contributed by atoms with Gasteiger partial charge in [-0.1, -0.05) is 19.4 Å². The van der Waals surface area contributed by atoms with Crippen LogP contribution in [-0.2, 0) is 6.42 Å². The van der Waals surface area contributed by atoms with Crippen molar-refractivity contribution in [2.75, 3.05) is 7.05 Å². The summed E-state index contributed by atoms with van der Waals surface area (Å²) in [5.41, 5.74) is 10.3. The van der Waals surface area contributed by atoms with Crippen molar-refractivity contribution in [1.29, 1.82) is 5.26 Å². The van der Waals surface area contributed by atoms with Crippen molar-refractivity contribution in [1.82, 2.24) is 15.0 Å². The van der Waals surface area contributed by atoms with Gasteiger partial charge in [-0.15, -0.1) is 0 Å². The number of nitrogens with two attached hydrogens (primary N) is 1. The average molecular weight is 412 g/mol. The Morgan fingerprint density at radius 3 is 2.65 bits per heavy atom. The van der Waals surface area contributed by atoms with Gasteiger partial charge in [0, 0.05) is 31.2 Å². The molecule has 0 aliphatic carbocycles. The van der Waals surface area contributed by atoms with Crippen molar-refractivity contribution in [3.05, 3.63) is 77.4 Å². The maximum absolute atomic E-state index is 9.32. The lowest BCUT2D eigenvalue weighted by Crippen LogP contribution is -2.11. The van der Waals surface area contributed by atoms with Crippen LogP contribution in [0.1, 0.15) is 35.9 Å². The van der Waals surface area contributed by atoms with E-state index in [0.29, 0.717) is 34.1 Å². The van der Waals surface area contributed by atoms with Crippen LogP contribution in [0.5, 0.6) is 5.75 Å². The molecule has 156 valence electrons. The third kappa shape index (κ3) is 5.52. The van der Waals surface area contributed by atoms with Crippen LogP contribution in [0.3, 0.4) is 0 Å². The highest BCUT2D eigenvalue weighted by Gasteiger charge is 2.13. The number of aliphatic imine (C=N–C) groups is 1. The van der Waals surface area contributed by atoms with Crippen molar-refractivity contribution in [3.8, 4) is 23.2 Å². The predicted molar refractivity (Wildman–Crippen MR) is 121 cm³/mol. The van der Waals surface area contributed by atoms with Gasteiger partial charge in [0.05, 0.1) is 28.6 Å². The van der Waals surface area contributed by atoms with Crippen LogP contribution in [-0.4, -0.2) is 27.9 Å². The highest BCUT2D eigenvalue weighted by molar-refractivity contribution is 5.96. The minimum absolute atomic E-state index is 0.278. The molecular weight excluding hydrogens is 388 g/mol. The highest BCUT2D eigenvalue weighted by Crippen LogP contribution is 2.29. The first-order chi connectivity index (χ1) is 15.0. The summed E-state index contributed by atoms with van der Waals surface area (Å²) < 4.78 is 6.03. The zero-order valence-corrected chi connectivity index (χ0v) is 17.8. The largest absolute Gasteiger partial charge is 0.439 e. The van der Waals surface area contributed by atoms with Gasteiger partial charge in [0.25, 0.3) is 0 Å². The molecular formula is C24H24N6O. The molecule has 0 atom stereocenters. The van der Waals surface area contributed by atoms with Gasteiger partial charge in [0.15, 0.2) is 5.82 Å². The van der Waals surface area contributed by atoms with Gasteiger partial charge in [0.2, 0.25) is 5.90 Å². The molecule has 0 spiro atoms. The van der Waals surface area contributed by atoms with Gasteiger partial charge in [-0.25, -0.2) is 9.97 Å². The topological polar surface area (TPSA) is 110 Å². The molecule has 0 fully saturated rings. The van der Waals surface area contributed by atoms with E-state index in [4.69, 9.17) is 10.5 Å². The highest BCUT2D eigenvalue weighted by atomic mass is 16.5. The van der Waals surface area contributed by atoms with Gasteiger partial charge in [0.1, 0.15) is 5.75 Å². The van der Waals surface area contributed by atoms with E-state index < -0.39 is 0 Å². The predicted octanol–water partition coefficient (Wildman–Crippen LogP) is 4.08. The number of hydrogen-bond acceptors (Lipinski definition) is 7. The first kappa shape index (κ1) is 21.7. The van der Waals surface area contributed by atoms with E-state index in [0.717, 1.165) is 24.1 Å². The molecule has 0 bridgehead atoms. The average Bonchev–Trinajstić information content (AvgIpc) is 2.79. The Labute approximate surface area is 182 Å². The Morgan fingerprint density at radius 1 is 1.23 bits per heavy atom. The van der Waals surface area contributed by atoms with Crippen LogP contribution < -0.4 is 10.5 Å². The Hall–Kier alpha value is -4.05. The second-order valence-electron chi connectivity index (χ2n) is 6.92. The fourth-order valence-electron chi connectivity index (χ4n) is 2.94. The second kappa shape index (κ2) is 10.1. The van der Waals surface area contributed by atoms with E-state index in [9.17, 15) is 5.26 Å². The number of nitrogens with zero attached hydrogens (tertiary/aromatic N) is 5. The van der Waals surface area contributed by atoms with E-state index >= 15 is 0 Å². The summed E-state index contributed by atoms with van der Waals surface area (Å²) in [4.78, 5) is 17.5. The van der Waals surface area contributed by atoms with Gasteiger partial charge in [-0.3, -0.25) is 9.98 Å². The molecule has 3 rings (SSSR count). The minimum atomic E-state index is 0.278. The molecule has 3 aromatic rings. The van der Waals surface area contributed by atoms with Crippen LogP contribution in [0, 0.1) is 18.3 Å². The molecule has 2 heterocycles. The maximum atomic E-state index is 9.32. The standard InChI is InChI=1S/C24H24N6O/c1-4-6-18-14-28-24(29-15-18)19-10-9-17(13-25)11-22(19)31-23(27-3)12-20(26)21-8-5-7-16(2)30-21/h5,7-12,14-15H,4,6,26H2,1-3H3. The molecule has 1 aromatic carbocycles. The Bertz CT molecular complexity index is 1160. The smallest absolute Gasteiger partial charge is 0.216 e. The fourth-order valence-corrected chi connectivity index (χ4v) is 2.94. The van der Waals surface area contributed by atoms with Crippen molar-refractivity contribution >= 4 is 11.6 Å². The molecule has 7 nitrogen and oxygen atoms in total. The minimum Gasteiger partial charge on any atom is -0.439 e. The summed E-state index contributed by atoms with van der Waals surface area (Å²) in [6.45, 7) is 4.01. The summed E-state index contributed by atoms with van der Waals surface area (Å²) in [5.74, 6) is 1.20. The van der Waals surface area contributed by atoms with Crippen molar-refractivity contribution in [3.63, 3.8) is 0 Å². The molecule has 0 radical (unpaired) electrons. The molecule has 2 N–H and O–H groups in total. The fraction of sp³-hybridized carbons (Fsp3) is 0.208. The summed E-state index contributed by atoms with van der Waals surface area (Å²) in [5, 5.41) is 9.32. The Kier molecular flexibility index (Phi) is 7.07. The van der Waals surface area contributed by atoms with E-state index in [1.807, 2.05) is 37.5 Å². The van der Waals surface area contributed by atoms with E-state index in [-0.39, 0.29) is 5.90 Å². The summed E-state index contributed by atoms with van der Waals surface area (Å²) in [6.07, 6.45) is 7.16. The number of aryl methyl sites for hydroxylation is 2. The van der Waals surface area contributed by atoms with Gasteiger partial charge in [-0.05, 0) is 49.2 Å². The van der Waals surface area contributed by atoms with Gasteiger partial charge < -0.3 is 10.5 Å². The molecule has 31 heavy (non-hydrogen) atoms. The number of nitriles is 1. The van der Waals surface area contributed by atoms with Crippen molar-refractivity contribution in [2.24, 2.45) is 10.7 Å². The van der Waals surface area contributed by atoms with Crippen LogP contribution in [0.15, 0.2) is 59.9 Å². The molecule has 0 saturated heterocycles. The lowest BCUT2D eigenvalue weighted by Gasteiger charge is -2.12. The lowest BCUT2D eigenvalue weighted by atomic mass is 10.1. The van der Waals surface area contributed by atoms with Crippen molar-refractivity contribution < 1.29 is 4.74 Å². The Balaban J connectivity index is 1.95. The number of ether oxygens (including phenoxy) is 1. The number of pyridine rings is 1. The zero-order valence-electron chi connectivity index (χ0n) is 17.8. The SMILES string of the molecule is CCCc1cnc(-c2ccc(C#N)cc2OC(C=C(N)c2cccc(C)n2)=NC)nc1. The van der Waals surface area contributed by atoms with E-state index in [1.54, 1.807) is 31.3 Å². The molecule has 0 aliphatic rings. The Morgan fingerprint density at radius 2 is 2.00 bits per heavy atom. The molecule has 7 heteroatoms. The van der Waals surface area contributed by atoms with Crippen LogP contribution in [0.4, 0.5) is 0 Å². The van der Waals surface area contributed by atoms with E-state index in [1.165, 1.54) is 0 Å². The quantitative estimate of drug-likeness (QED) is 0.482. The van der Waals surface area contributed by atoms with Crippen LogP contribution in [0.2, 0.25) is 0 Å². The first-order valence-electron chi connectivity index (χ1n) is 9.95. The lowest BCUT2D eigenvalue weighted by molar-refractivity contribution is 0.555. The van der Waals surface area contributed by atoms with Crippen molar-refractivity contribution in [2.45, 2.75) is 26.7 Å². The first-order valence-corrected chi connectivity index (χ1v) is 9.95. The van der Waals surface area contributed by atoms with E-state index in [2.05, 4.69) is 32.9 Å². The second-order valence-corrected chi connectivity index (χ2v) is 6.92. The van der Waals surface area contributed by atoms with Crippen LogP contribution >= 0.6 is 0 Å². The molecule has 0 saturated carbocycles. The monoisotopic (exact) mass is 412 g/mol. The number of aromatic nitrogens is 3. The summed E-state index contributed by atoms with van der Waals surface area (Å²) in [7, 11) is 1.60. The summed E-state index contributed by atoms with van der Waals surface area (Å²) in [6, 6.07) is 12.8. The molecule has 0 aliphatic heterocycles. The third-order valence-corrected chi connectivity index (χ3v) is 4.49. The normalized spacial score (nSPS) is 11.8. The third-order valence-electron chi connectivity index (χ3n) is 4.49. The molecule has 0 amide bonds. The molecule has 2 aromatic heterocycles. The number of hydrogen-bond donors (Lipinski definition) is 1. The number of rotatable bonds is 6.